The lowest BCUT2D eigenvalue weighted by Crippen LogP contribution is -2.09. The van der Waals surface area contributed by atoms with Gasteiger partial charge in [-0.25, -0.2) is 4.98 Å². The summed E-state index contributed by atoms with van der Waals surface area (Å²) in [5.74, 6) is 2.15. The molecule has 0 spiro atoms. The van der Waals surface area contributed by atoms with Gasteiger partial charge in [-0.05, 0) is 36.1 Å². The molecule has 0 fully saturated rings. The average Bonchev–Trinajstić information content (AvgIpc) is 2.47. The minimum Gasteiger partial charge on any atom is -0.366 e. The van der Waals surface area contributed by atoms with Gasteiger partial charge in [-0.1, -0.05) is 37.6 Å². The van der Waals surface area contributed by atoms with Crippen LogP contribution in [0, 0.1) is 5.92 Å². The van der Waals surface area contributed by atoms with Crippen molar-refractivity contribution in [1.82, 2.24) is 9.97 Å². The fraction of sp³-hybridized carbons (Fsp3) is 0.375. The van der Waals surface area contributed by atoms with Crippen molar-refractivity contribution in [3.8, 4) is 0 Å². The number of nitrogens with one attached hydrogen (secondary N) is 2. The molecule has 0 unspecified atom stereocenters. The van der Waals surface area contributed by atoms with E-state index < -0.39 is 0 Å². The van der Waals surface area contributed by atoms with Crippen LogP contribution < -0.4 is 10.6 Å². The monoisotopic (exact) mass is 304 g/mol. The maximum Gasteiger partial charge on any atom is 0.224 e. The standard InChI is InChI=1S/C16H21ClN4/c1-12(2)7-9-18-16-19-10-8-15(21-16)20-11-13-3-5-14(17)6-4-13/h3-6,8,10,12H,7,9,11H2,1-2H3,(H2,18,19,20,21). The summed E-state index contributed by atoms with van der Waals surface area (Å²) in [6.07, 6.45) is 2.86. The smallest absolute Gasteiger partial charge is 0.224 e. The molecule has 0 saturated carbocycles. The van der Waals surface area contributed by atoms with Crippen molar-refractivity contribution in [2.24, 2.45) is 5.92 Å². The first-order valence-electron chi connectivity index (χ1n) is 7.18. The lowest BCUT2D eigenvalue weighted by molar-refractivity contribution is 0.606. The molecule has 0 aliphatic heterocycles. The SMILES string of the molecule is CC(C)CCNc1nccc(NCc2ccc(Cl)cc2)n1. The molecule has 0 amide bonds. The Morgan fingerprint density at radius 1 is 1.10 bits per heavy atom. The van der Waals surface area contributed by atoms with Crippen LogP contribution in [-0.2, 0) is 6.54 Å². The van der Waals surface area contributed by atoms with Gasteiger partial charge < -0.3 is 10.6 Å². The summed E-state index contributed by atoms with van der Waals surface area (Å²) in [5, 5.41) is 7.28. The fourth-order valence-corrected chi connectivity index (χ4v) is 1.94. The summed E-state index contributed by atoms with van der Waals surface area (Å²) in [7, 11) is 0. The highest BCUT2D eigenvalue weighted by atomic mass is 35.5. The fourth-order valence-electron chi connectivity index (χ4n) is 1.81. The predicted octanol–water partition coefficient (Wildman–Crippen LogP) is 4.20. The second kappa shape index (κ2) is 7.84. The zero-order valence-electron chi connectivity index (χ0n) is 12.4. The number of anilines is 2. The van der Waals surface area contributed by atoms with Gasteiger partial charge in [0.25, 0.3) is 0 Å². The van der Waals surface area contributed by atoms with Crippen molar-refractivity contribution < 1.29 is 0 Å². The largest absolute Gasteiger partial charge is 0.366 e. The summed E-state index contributed by atoms with van der Waals surface area (Å²) >= 11 is 5.87. The molecule has 0 aliphatic rings. The second-order valence-corrected chi connectivity index (χ2v) is 5.79. The molecular formula is C16H21ClN4. The molecular weight excluding hydrogens is 284 g/mol. The van der Waals surface area contributed by atoms with E-state index in [0.29, 0.717) is 18.4 Å². The Balaban J connectivity index is 1.87. The van der Waals surface area contributed by atoms with Crippen LogP contribution in [0.3, 0.4) is 0 Å². The number of halogens is 1. The second-order valence-electron chi connectivity index (χ2n) is 5.35. The summed E-state index contributed by atoms with van der Waals surface area (Å²) in [6, 6.07) is 9.63. The summed E-state index contributed by atoms with van der Waals surface area (Å²) in [5.41, 5.74) is 1.16. The number of hydrogen-bond donors (Lipinski definition) is 2. The molecule has 1 heterocycles. The third kappa shape index (κ3) is 5.60. The average molecular weight is 305 g/mol. The molecule has 0 radical (unpaired) electrons. The first-order chi connectivity index (χ1) is 10.1. The van der Waals surface area contributed by atoms with Gasteiger partial charge >= 0.3 is 0 Å². The van der Waals surface area contributed by atoms with Crippen LogP contribution in [0.5, 0.6) is 0 Å². The first kappa shape index (κ1) is 15.6. The number of nitrogens with zero attached hydrogens (tertiary/aromatic N) is 2. The van der Waals surface area contributed by atoms with E-state index >= 15 is 0 Å². The van der Waals surface area contributed by atoms with Crippen molar-refractivity contribution in [3.05, 3.63) is 47.1 Å². The quantitative estimate of drug-likeness (QED) is 0.805. The summed E-state index contributed by atoms with van der Waals surface area (Å²) in [4.78, 5) is 8.67. The van der Waals surface area contributed by atoms with Crippen LogP contribution in [0.4, 0.5) is 11.8 Å². The van der Waals surface area contributed by atoms with Crippen molar-refractivity contribution in [2.45, 2.75) is 26.8 Å². The van der Waals surface area contributed by atoms with Crippen LogP contribution in [0.15, 0.2) is 36.5 Å². The molecule has 0 atom stereocenters. The highest BCUT2D eigenvalue weighted by Crippen LogP contribution is 2.12. The molecule has 1 aromatic heterocycles. The molecule has 2 aromatic rings. The van der Waals surface area contributed by atoms with Gasteiger partial charge in [0.15, 0.2) is 0 Å². The van der Waals surface area contributed by atoms with Crippen LogP contribution in [-0.4, -0.2) is 16.5 Å². The van der Waals surface area contributed by atoms with E-state index in [1.165, 1.54) is 0 Å². The van der Waals surface area contributed by atoms with E-state index in [1.54, 1.807) is 6.20 Å². The minimum atomic E-state index is 0.664. The molecule has 0 aliphatic carbocycles. The zero-order valence-corrected chi connectivity index (χ0v) is 13.2. The maximum atomic E-state index is 5.87. The summed E-state index contributed by atoms with van der Waals surface area (Å²) in [6.45, 7) is 6.00. The third-order valence-corrected chi connectivity index (χ3v) is 3.30. The molecule has 5 heteroatoms. The topological polar surface area (TPSA) is 49.8 Å². The van der Waals surface area contributed by atoms with Crippen LogP contribution >= 0.6 is 11.6 Å². The van der Waals surface area contributed by atoms with E-state index in [-0.39, 0.29) is 0 Å². The van der Waals surface area contributed by atoms with Gasteiger partial charge in [0, 0.05) is 24.3 Å². The van der Waals surface area contributed by atoms with Crippen LogP contribution in [0.2, 0.25) is 5.02 Å². The minimum absolute atomic E-state index is 0.664. The van der Waals surface area contributed by atoms with Gasteiger partial charge in [0.2, 0.25) is 5.95 Å². The Hall–Kier alpha value is -1.81. The summed E-state index contributed by atoms with van der Waals surface area (Å²) < 4.78 is 0. The van der Waals surface area contributed by atoms with E-state index in [0.717, 1.165) is 29.4 Å². The Kier molecular flexibility index (Phi) is 5.81. The molecule has 4 nitrogen and oxygen atoms in total. The van der Waals surface area contributed by atoms with Crippen molar-refractivity contribution >= 4 is 23.4 Å². The Labute approximate surface area is 131 Å². The van der Waals surface area contributed by atoms with Gasteiger partial charge in [0.05, 0.1) is 0 Å². The first-order valence-corrected chi connectivity index (χ1v) is 7.56. The van der Waals surface area contributed by atoms with Gasteiger partial charge in [-0.15, -0.1) is 0 Å². The Bertz CT molecular complexity index is 554. The van der Waals surface area contributed by atoms with Crippen molar-refractivity contribution in [3.63, 3.8) is 0 Å². The Morgan fingerprint density at radius 2 is 1.86 bits per heavy atom. The molecule has 2 rings (SSSR count). The van der Waals surface area contributed by atoms with Crippen molar-refractivity contribution in [1.29, 1.82) is 0 Å². The maximum absolute atomic E-state index is 5.87. The molecule has 21 heavy (non-hydrogen) atoms. The predicted molar refractivity (Wildman–Crippen MR) is 88.8 cm³/mol. The van der Waals surface area contributed by atoms with Crippen molar-refractivity contribution in [2.75, 3.05) is 17.2 Å². The zero-order chi connectivity index (χ0) is 15.1. The molecule has 0 bridgehead atoms. The highest BCUT2D eigenvalue weighted by molar-refractivity contribution is 6.30. The molecule has 2 N–H and O–H groups in total. The van der Waals surface area contributed by atoms with Gasteiger partial charge in [-0.2, -0.15) is 4.98 Å². The Morgan fingerprint density at radius 3 is 2.57 bits per heavy atom. The van der Waals surface area contributed by atoms with E-state index in [9.17, 15) is 0 Å². The number of aromatic nitrogens is 2. The lowest BCUT2D eigenvalue weighted by Gasteiger charge is -2.09. The van der Waals surface area contributed by atoms with Crippen LogP contribution in [0.25, 0.3) is 0 Å². The number of benzene rings is 1. The van der Waals surface area contributed by atoms with E-state index in [2.05, 4.69) is 34.4 Å². The van der Waals surface area contributed by atoms with Gasteiger partial charge in [0.1, 0.15) is 5.82 Å². The molecule has 0 saturated heterocycles. The molecule has 112 valence electrons. The molecule has 1 aromatic carbocycles. The normalized spacial score (nSPS) is 10.7. The van der Waals surface area contributed by atoms with Gasteiger partial charge in [-0.3, -0.25) is 0 Å². The number of hydrogen-bond acceptors (Lipinski definition) is 4. The lowest BCUT2D eigenvalue weighted by atomic mass is 10.1. The highest BCUT2D eigenvalue weighted by Gasteiger charge is 2.00. The van der Waals surface area contributed by atoms with E-state index in [1.807, 2.05) is 30.3 Å². The third-order valence-electron chi connectivity index (χ3n) is 3.05. The van der Waals surface area contributed by atoms with Crippen LogP contribution in [0.1, 0.15) is 25.8 Å². The van der Waals surface area contributed by atoms with E-state index in [4.69, 9.17) is 11.6 Å². The number of rotatable bonds is 7.